The maximum Gasteiger partial charge on any atom is 0.354 e. The third-order valence-corrected chi connectivity index (χ3v) is 1.96. The van der Waals surface area contributed by atoms with Gasteiger partial charge in [-0.2, -0.15) is 0 Å². The van der Waals surface area contributed by atoms with Gasteiger partial charge in [0.05, 0.1) is 0 Å². The first kappa shape index (κ1) is 11.6. The van der Waals surface area contributed by atoms with Gasteiger partial charge in [-0.3, -0.25) is 0 Å². The monoisotopic (exact) mass is 244 g/mol. The lowest BCUT2D eigenvalue weighted by molar-refractivity contribution is 0.0690. The summed E-state index contributed by atoms with van der Waals surface area (Å²) in [7, 11) is 0. The Kier molecular flexibility index (Phi) is 3.19. The molecule has 0 saturated heterocycles. The van der Waals surface area contributed by atoms with Gasteiger partial charge in [-0.15, -0.1) is 0 Å². The fraction of sp³-hybridized carbons (Fsp3) is 0. The molecule has 0 spiro atoms. The van der Waals surface area contributed by atoms with Crippen LogP contribution in [0.3, 0.4) is 0 Å². The highest BCUT2D eigenvalue weighted by Crippen LogP contribution is 2.15. The lowest BCUT2D eigenvalue weighted by atomic mass is 10.4. The summed E-state index contributed by atoms with van der Waals surface area (Å²) in [6, 6.07) is 2.85. The Morgan fingerprint density at radius 1 is 1.17 bits per heavy atom. The van der Waals surface area contributed by atoms with Gasteiger partial charge in [-0.25, -0.2) is 29.7 Å². The van der Waals surface area contributed by atoms with Crippen molar-refractivity contribution in [1.82, 2.24) is 19.9 Å². The number of nitrogens with zero attached hydrogens (tertiary/aromatic N) is 5. The van der Waals surface area contributed by atoms with Crippen molar-refractivity contribution in [2.45, 2.75) is 0 Å². The van der Waals surface area contributed by atoms with Gasteiger partial charge < -0.3 is 10.4 Å². The average Bonchev–Trinajstić information content (AvgIpc) is 2.39. The zero-order valence-electron chi connectivity index (χ0n) is 9.11. The molecular weight excluding hydrogens is 236 g/mol. The molecule has 0 amide bonds. The van der Waals surface area contributed by atoms with Gasteiger partial charge in [-0.1, -0.05) is 0 Å². The van der Waals surface area contributed by atoms with E-state index in [2.05, 4.69) is 37.0 Å². The van der Waals surface area contributed by atoms with E-state index in [1.54, 1.807) is 6.07 Å². The second kappa shape index (κ2) is 4.95. The zero-order valence-corrected chi connectivity index (χ0v) is 9.11. The smallest absolute Gasteiger partial charge is 0.354 e. The lowest BCUT2D eigenvalue weighted by Gasteiger charge is -2.04. The molecule has 8 nitrogen and oxygen atoms in total. The minimum absolute atomic E-state index is 0.108. The summed E-state index contributed by atoms with van der Waals surface area (Å²) >= 11 is 0. The van der Waals surface area contributed by atoms with Crippen molar-refractivity contribution in [3.63, 3.8) is 0 Å². The summed E-state index contributed by atoms with van der Waals surface area (Å²) in [6.45, 7) is 3.34. The highest BCUT2D eigenvalue weighted by atomic mass is 16.4. The number of aromatic carboxylic acids is 1. The molecule has 90 valence electrons. The summed E-state index contributed by atoms with van der Waals surface area (Å²) in [6.07, 6.45) is 2.46. The maximum absolute atomic E-state index is 10.7. The van der Waals surface area contributed by atoms with Crippen molar-refractivity contribution in [3.05, 3.63) is 30.5 Å². The van der Waals surface area contributed by atoms with Crippen LogP contribution in [-0.4, -0.2) is 37.7 Å². The summed E-state index contributed by atoms with van der Waals surface area (Å²) in [4.78, 5) is 29.6. The van der Waals surface area contributed by atoms with Gasteiger partial charge in [0.1, 0.15) is 24.3 Å². The van der Waals surface area contributed by atoms with Gasteiger partial charge >= 0.3 is 5.97 Å². The average molecular weight is 244 g/mol. The minimum Gasteiger partial charge on any atom is -0.477 e. The summed E-state index contributed by atoms with van der Waals surface area (Å²) in [5, 5.41) is 11.6. The Morgan fingerprint density at radius 2 is 1.83 bits per heavy atom. The van der Waals surface area contributed by atoms with Crippen LogP contribution in [0.15, 0.2) is 29.8 Å². The first-order valence-electron chi connectivity index (χ1n) is 4.80. The third kappa shape index (κ3) is 2.61. The van der Waals surface area contributed by atoms with Gasteiger partial charge in [0.15, 0.2) is 11.5 Å². The van der Waals surface area contributed by atoms with Crippen LogP contribution >= 0.6 is 0 Å². The number of carbonyl (C=O) groups is 1. The molecule has 2 aromatic rings. The Hall–Kier alpha value is -2.90. The molecule has 0 atom stereocenters. The molecule has 0 fully saturated rings. The van der Waals surface area contributed by atoms with Crippen molar-refractivity contribution in [1.29, 1.82) is 0 Å². The summed E-state index contributed by atoms with van der Waals surface area (Å²) < 4.78 is 0. The first-order valence-corrected chi connectivity index (χ1v) is 4.80. The highest BCUT2D eigenvalue weighted by molar-refractivity contribution is 5.86. The van der Waals surface area contributed by atoms with Gasteiger partial charge in [-0.05, 0) is 6.72 Å². The van der Waals surface area contributed by atoms with Crippen molar-refractivity contribution >= 4 is 30.1 Å². The van der Waals surface area contributed by atoms with Gasteiger partial charge in [0, 0.05) is 12.1 Å². The van der Waals surface area contributed by atoms with Crippen LogP contribution in [0.2, 0.25) is 0 Å². The topological polar surface area (TPSA) is 113 Å². The summed E-state index contributed by atoms with van der Waals surface area (Å²) in [5.74, 6) is 0.0233. The molecule has 0 radical (unpaired) electrons. The standard InChI is InChI=1S/C10H8N6O2/c1-11-7-3-9(15-5-13-7)16-8-2-6(10(17)18)12-4-14-8/h2-5H,1H2,(H,17,18)(H,12,13,14,15,16). The van der Waals surface area contributed by atoms with Crippen molar-refractivity contribution in [3.8, 4) is 0 Å². The maximum atomic E-state index is 10.7. The second-order valence-electron chi connectivity index (χ2n) is 3.14. The van der Waals surface area contributed by atoms with Crippen LogP contribution in [0.1, 0.15) is 10.5 Å². The lowest BCUT2D eigenvalue weighted by Crippen LogP contribution is -2.03. The molecule has 2 rings (SSSR count). The molecule has 0 unspecified atom stereocenters. The quantitative estimate of drug-likeness (QED) is 0.772. The molecule has 8 heteroatoms. The van der Waals surface area contributed by atoms with Gasteiger partial charge in [0.2, 0.25) is 0 Å². The fourth-order valence-electron chi connectivity index (χ4n) is 1.18. The zero-order chi connectivity index (χ0) is 13.0. The molecular formula is C10H8N6O2. The van der Waals surface area contributed by atoms with E-state index in [1.165, 1.54) is 12.4 Å². The van der Waals surface area contributed by atoms with Crippen molar-refractivity contribution in [2.75, 3.05) is 5.32 Å². The van der Waals surface area contributed by atoms with E-state index in [1.807, 2.05) is 0 Å². The Labute approximate surface area is 101 Å². The van der Waals surface area contributed by atoms with Gasteiger partial charge in [0.25, 0.3) is 0 Å². The van der Waals surface area contributed by atoms with Crippen LogP contribution in [0.5, 0.6) is 0 Å². The number of carboxylic acids is 1. The molecule has 0 aliphatic carbocycles. The second-order valence-corrected chi connectivity index (χ2v) is 3.14. The number of nitrogens with one attached hydrogen (secondary N) is 1. The molecule has 0 bridgehead atoms. The van der Waals surface area contributed by atoms with Crippen LogP contribution in [0.25, 0.3) is 0 Å². The Balaban J connectivity index is 2.25. The molecule has 0 saturated carbocycles. The predicted octanol–water partition coefficient (Wildman–Crippen LogP) is 1.04. The number of carboxylic acid groups (broad SMARTS) is 1. The molecule has 0 aromatic carbocycles. The van der Waals surface area contributed by atoms with E-state index in [-0.39, 0.29) is 5.69 Å². The van der Waals surface area contributed by atoms with Crippen LogP contribution in [-0.2, 0) is 0 Å². The van der Waals surface area contributed by atoms with E-state index in [4.69, 9.17) is 5.11 Å². The number of aliphatic imine (C=N–C) groups is 1. The van der Waals surface area contributed by atoms with E-state index in [9.17, 15) is 4.79 Å². The van der Waals surface area contributed by atoms with Crippen molar-refractivity contribution in [2.24, 2.45) is 4.99 Å². The number of anilines is 2. The minimum atomic E-state index is -1.13. The number of hydrogen-bond donors (Lipinski definition) is 2. The predicted molar refractivity (Wildman–Crippen MR) is 63.5 cm³/mol. The van der Waals surface area contributed by atoms with Crippen LogP contribution in [0, 0.1) is 0 Å². The van der Waals surface area contributed by atoms with Crippen LogP contribution < -0.4 is 5.32 Å². The molecule has 18 heavy (non-hydrogen) atoms. The van der Waals surface area contributed by atoms with Crippen molar-refractivity contribution < 1.29 is 9.90 Å². The molecule has 2 N–H and O–H groups in total. The number of hydrogen-bond acceptors (Lipinski definition) is 7. The molecule has 2 aromatic heterocycles. The number of rotatable bonds is 4. The Morgan fingerprint density at radius 3 is 2.50 bits per heavy atom. The van der Waals surface area contributed by atoms with E-state index >= 15 is 0 Å². The van der Waals surface area contributed by atoms with E-state index < -0.39 is 5.97 Å². The van der Waals surface area contributed by atoms with Crippen LogP contribution in [0.4, 0.5) is 17.5 Å². The molecule has 0 aliphatic rings. The first-order chi connectivity index (χ1) is 8.69. The van der Waals surface area contributed by atoms with E-state index in [0.29, 0.717) is 17.5 Å². The summed E-state index contributed by atoms with van der Waals surface area (Å²) in [5.41, 5.74) is -0.108. The molecule has 0 aliphatic heterocycles. The van der Waals surface area contributed by atoms with E-state index in [0.717, 1.165) is 6.33 Å². The normalized spacial score (nSPS) is 9.78. The third-order valence-electron chi connectivity index (χ3n) is 1.96. The molecule has 2 heterocycles. The largest absolute Gasteiger partial charge is 0.477 e. The Bertz CT molecular complexity index is 600. The number of aromatic nitrogens is 4. The highest BCUT2D eigenvalue weighted by Gasteiger charge is 2.06. The SMILES string of the molecule is C=Nc1cc(Nc2cc(C(=O)O)ncn2)ncn1. The fourth-order valence-corrected chi connectivity index (χ4v) is 1.18.